The Morgan fingerprint density at radius 1 is 0.457 bits per heavy atom. The molecule has 0 saturated carbocycles. The van der Waals surface area contributed by atoms with Crippen LogP contribution in [-0.4, -0.2) is 63.9 Å². The molecule has 0 amide bonds. The van der Waals surface area contributed by atoms with E-state index in [0.717, 1.165) is 32.2 Å². The second-order valence-electron chi connectivity index (χ2n) is 14.4. The van der Waals surface area contributed by atoms with Crippen molar-refractivity contribution in [2.24, 2.45) is 17.8 Å². The molecule has 0 heterocycles. The van der Waals surface area contributed by atoms with Gasteiger partial charge in [-0.2, -0.15) is 0 Å². The zero-order valence-electron chi connectivity index (χ0n) is 30.5. The number of quaternary nitrogens is 1. The Bertz CT molecular complexity index is 738. The standard InChI is InChI=1S/C39H73NO6/c1-5-6-7-8-9-10-11-12-13-14-15-16-17-18-19-20-21-22-23-24-25-26-30-40(31-27-34(2)37(41)42,32-28-35(3)38(43)44)33-29-36(4)39(45)46/h18-19,34-36H,5-17,20-33H2,1-4H3,(H2-,41,42,43,44,45,46)/p+1/b19-18+. The van der Waals surface area contributed by atoms with E-state index in [-0.39, 0.29) is 0 Å². The molecule has 0 rings (SSSR count). The minimum Gasteiger partial charge on any atom is -0.481 e. The number of hydrogen-bond acceptors (Lipinski definition) is 3. The minimum atomic E-state index is -0.824. The number of carboxylic acid groups (broad SMARTS) is 3. The highest BCUT2D eigenvalue weighted by molar-refractivity contribution is 5.70. The van der Waals surface area contributed by atoms with E-state index in [1.807, 2.05) is 0 Å². The summed E-state index contributed by atoms with van der Waals surface area (Å²) in [5.41, 5.74) is 0. The fourth-order valence-electron chi connectivity index (χ4n) is 6.20. The van der Waals surface area contributed by atoms with Gasteiger partial charge in [-0.1, -0.05) is 130 Å². The summed E-state index contributed by atoms with van der Waals surface area (Å²) in [6.07, 6.45) is 32.2. The highest BCUT2D eigenvalue weighted by Crippen LogP contribution is 2.22. The van der Waals surface area contributed by atoms with E-state index in [9.17, 15) is 29.7 Å². The molecule has 0 aliphatic carbocycles. The Morgan fingerprint density at radius 2 is 0.739 bits per heavy atom. The van der Waals surface area contributed by atoms with Gasteiger partial charge in [-0.15, -0.1) is 0 Å². The van der Waals surface area contributed by atoms with E-state index >= 15 is 0 Å². The van der Waals surface area contributed by atoms with Gasteiger partial charge < -0.3 is 19.8 Å². The first-order valence-corrected chi connectivity index (χ1v) is 19.2. The Hall–Kier alpha value is -1.89. The third-order valence-electron chi connectivity index (χ3n) is 10.0. The summed E-state index contributed by atoms with van der Waals surface area (Å²) in [5, 5.41) is 28.4. The van der Waals surface area contributed by atoms with Crippen molar-refractivity contribution in [3.63, 3.8) is 0 Å². The quantitative estimate of drug-likeness (QED) is 0.0362. The lowest BCUT2D eigenvalue weighted by molar-refractivity contribution is -0.929. The zero-order chi connectivity index (χ0) is 34.5. The van der Waals surface area contributed by atoms with Gasteiger partial charge in [0.05, 0.1) is 43.9 Å². The van der Waals surface area contributed by atoms with Crippen LogP contribution in [0.15, 0.2) is 12.2 Å². The molecule has 3 N–H and O–H groups in total. The molecule has 3 atom stereocenters. The maximum absolute atomic E-state index is 11.5. The van der Waals surface area contributed by atoms with Crippen LogP contribution in [0.4, 0.5) is 0 Å². The number of unbranched alkanes of at least 4 members (excludes halogenated alkanes) is 18. The fraction of sp³-hybridized carbons (Fsp3) is 0.872. The van der Waals surface area contributed by atoms with Gasteiger partial charge in [-0.3, -0.25) is 14.4 Å². The molecule has 0 saturated heterocycles. The molecule has 0 aromatic heterocycles. The third-order valence-corrected chi connectivity index (χ3v) is 10.0. The summed E-state index contributed by atoms with van der Waals surface area (Å²) < 4.78 is 0.608. The Balaban J connectivity index is 4.32. The van der Waals surface area contributed by atoms with Crippen LogP contribution in [-0.2, 0) is 14.4 Å². The third kappa shape index (κ3) is 25.2. The number of aliphatic carboxylic acids is 3. The average Bonchev–Trinajstić information content (AvgIpc) is 3.03. The van der Waals surface area contributed by atoms with Crippen LogP contribution in [0.3, 0.4) is 0 Å². The smallest absolute Gasteiger partial charge is 0.306 e. The lowest BCUT2D eigenvalue weighted by atomic mass is 10.0. The molecule has 3 unspecified atom stereocenters. The van der Waals surface area contributed by atoms with Crippen molar-refractivity contribution in [1.82, 2.24) is 0 Å². The Morgan fingerprint density at radius 3 is 1.04 bits per heavy atom. The molecule has 0 spiro atoms. The molecule has 0 aromatic rings. The summed E-state index contributed by atoms with van der Waals surface area (Å²) >= 11 is 0. The van der Waals surface area contributed by atoms with Crippen LogP contribution >= 0.6 is 0 Å². The van der Waals surface area contributed by atoms with Crippen LogP contribution < -0.4 is 0 Å². The normalized spacial score (nSPS) is 15.0. The number of rotatable bonds is 34. The molecule has 0 aromatic carbocycles. The average molecular weight is 653 g/mol. The topological polar surface area (TPSA) is 112 Å². The largest absolute Gasteiger partial charge is 0.481 e. The van der Waals surface area contributed by atoms with Crippen LogP contribution in [0, 0.1) is 17.8 Å². The first-order valence-electron chi connectivity index (χ1n) is 19.2. The molecule has 46 heavy (non-hydrogen) atoms. The van der Waals surface area contributed by atoms with E-state index in [1.54, 1.807) is 20.8 Å². The first kappa shape index (κ1) is 44.1. The van der Waals surface area contributed by atoms with Crippen molar-refractivity contribution in [3.8, 4) is 0 Å². The van der Waals surface area contributed by atoms with E-state index < -0.39 is 35.7 Å². The minimum absolute atomic E-state index is 0.482. The van der Waals surface area contributed by atoms with Crippen molar-refractivity contribution in [2.75, 3.05) is 26.2 Å². The SMILES string of the molecule is CCCCCCCCCCCCCC/C=C/CCCCCCCC[N+](CCC(C)C(=O)O)(CCC(C)C(=O)O)CCC(C)C(=O)O. The predicted molar refractivity (Wildman–Crippen MR) is 191 cm³/mol. The Labute approximate surface area is 283 Å². The lowest BCUT2D eigenvalue weighted by Crippen LogP contribution is -2.52. The molecule has 0 radical (unpaired) electrons. The van der Waals surface area contributed by atoms with Gasteiger partial charge >= 0.3 is 17.9 Å². The van der Waals surface area contributed by atoms with Gasteiger partial charge in [-0.25, -0.2) is 0 Å². The number of allylic oxidation sites excluding steroid dienone is 2. The van der Waals surface area contributed by atoms with Crippen molar-refractivity contribution in [2.45, 2.75) is 175 Å². The molecule has 7 heteroatoms. The summed E-state index contributed by atoms with van der Waals surface area (Å²) in [5.74, 6) is -3.92. The molecule has 270 valence electrons. The number of nitrogens with zero attached hydrogens (tertiary/aromatic N) is 1. The van der Waals surface area contributed by atoms with Crippen LogP contribution in [0.25, 0.3) is 0 Å². The van der Waals surface area contributed by atoms with E-state index in [4.69, 9.17) is 0 Å². The number of carboxylic acids is 3. The van der Waals surface area contributed by atoms with Gasteiger partial charge in [0.15, 0.2) is 0 Å². The second-order valence-corrected chi connectivity index (χ2v) is 14.4. The second kappa shape index (κ2) is 29.3. The van der Waals surface area contributed by atoms with E-state index in [0.29, 0.717) is 43.4 Å². The van der Waals surface area contributed by atoms with Gasteiger partial charge in [0.25, 0.3) is 0 Å². The van der Waals surface area contributed by atoms with Gasteiger partial charge in [0, 0.05) is 19.3 Å². The molecule has 7 nitrogen and oxygen atoms in total. The Kier molecular flexibility index (Phi) is 28.1. The van der Waals surface area contributed by atoms with Crippen molar-refractivity contribution < 1.29 is 34.2 Å². The highest BCUT2D eigenvalue weighted by Gasteiger charge is 2.31. The van der Waals surface area contributed by atoms with Gasteiger partial charge in [0.2, 0.25) is 0 Å². The monoisotopic (exact) mass is 653 g/mol. The summed E-state index contributed by atoms with van der Waals surface area (Å²) in [7, 11) is 0. The van der Waals surface area contributed by atoms with Crippen LogP contribution in [0.5, 0.6) is 0 Å². The van der Waals surface area contributed by atoms with E-state index in [2.05, 4.69) is 19.1 Å². The molecule has 0 aliphatic rings. The zero-order valence-corrected chi connectivity index (χ0v) is 30.5. The highest BCUT2D eigenvalue weighted by atomic mass is 16.4. The fourth-order valence-corrected chi connectivity index (χ4v) is 6.20. The van der Waals surface area contributed by atoms with Crippen molar-refractivity contribution >= 4 is 17.9 Å². The van der Waals surface area contributed by atoms with Crippen molar-refractivity contribution in [3.05, 3.63) is 12.2 Å². The van der Waals surface area contributed by atoms with Crippen LogP contribution in [0.1, 0.15) is 175 Å². The van der Waals surface area contributed by atoms with Gasteiger partial charge in [0.1, 0.15) is 0 Å². The van der Waals surface area contributed by atoms with Crippen LogP contribution in [0.2, 0.25) is 0 Å². The van der Waals surface area contributed by atoms with Gasteiger partial charge in [-0.05, 0) is 38.5 Å². The first-order chi connectivity index (χ1) is 22.0. The summed E-state index contributed by atoms with van der Waals surface area (Å²) in [6, 6.07) is 0. The maximum atomic E-state index is 11.5. The molecule has 0 bridgehead atoms. The maximum Gasteiger partial charge on any atom is 0.306 e. The number of carbonyl (C=O) groups is 3. The molecule has 0 fully saturated rings. The summed E-state index contributed by atoms with van der Waals surface area (Å²) in [6.45, 7) is 10.2. The molecular weight excluding hydrogens is 578 g/mol. The van der Waals surface area contributed by atoms with Crippen molar-refractivity contribution in [1.29, 1.82) is 0 Å². The predicted octanol–water partition coefficient (Wildman–Crippen LogP) is 10.5. The number of hydrogen-bond donors (Lipinski definition) is 3. The molecule has 0 aliphatic heterocycles. The molecular formula is C39H74NO6+. The summed E-state index contributed by atoms with van der Waals surface area (Å²) in [4.78, 5) is 34.6. The van der Waals surface area contributed by atoms with E-state index in [1.165, 1.54) is 103 Å². The lowest BCUT2D eigenvalue weighted by Gasteiger charge is -2.40.